The van der Waals surface area contributed by atoms with Crippen molar-refractivity contribution in [2.75, 3.05) is 14.1 Å². The van der Waals surface area contributed by atoms with Gasteiger partial charge < -0.3 is 14.8 Å². The minimum absolute atomic E-state index is 0.0182. The van der Waals surface area contributed by atoms with Crippen molar-refractivity contribution in [1.29, 1.82) is 0 Å². The number of carbonyl (C=O) groups excluding carboxylic acids is 2. The summed E-state index contributed by atoms with van der Waals surface area (Å²) in [6, 6.07) is 13.2. The van der Waals surface area contributed by atoms with E-state index < -0.39 is 11.9 Å². The van der Waals surface area contributed by atoms with Crippen LogP contribution in [0.25, 0.3) is 11.0 Å². The Balaban J connectivity index is 1.56. The van der Waals surface area contributed by atoms with Gasteiger partial charge in [-0.3, -0.25) is 9.59 Å². The van der Waals surface area contributed by atoms with Gasteiger partial charge in [0.05, 0.1) is 29.6 Å². The largest absolute Gasteiger partial charge is 0.347 e. The van der Waals surface area contributed by atoms with Gasteiger partial charge in [-0.1, -0.05) is 29.5 Å². The minimum atomic E-state index is -0.478. The first kappa shape index (κ1) is 21.2. The van der Waals surface area contributed by atoms with E-state index in [0.717, 1.165) is 16.6 Å². The van der Waals surface area contributed by atoms with E-state index in [1.165, 1.54) is 27.9 Å². The SMILES string of the molecule is CN(C)C(=O)Cn1cc(C(=O)NC(Cn2cnc3ccccc32)c2ccc(F)cc2)nn1. The van der Waals surface area contributed by atoms with Crippen molar-refractivity contribution in [2.24, 2.45) is 0 Å². The summed E-state index contributed by atoms with van der Waals surface area (Å²) in [7, 11) is 3.28. The summed E-state index contributed by atoms with van der Waals surface area (Å²) in [5, 5.41) is 10.7. The van der Waals surface area contributed by atoms with Gasteiger partial charge >= 0.3 is 0 Å². The third-order valence-electron chi connectivity index (χ3n) is 5.05. The first-order valence-corrected chi connectivity index (χ1v) is 9.97. The van der Waals surface area contributed by atoms with Crippen LogP contribution in [0.3, 0.4) is 0 Å². The van der Waals surface area contributed by atoms with Gasteiger partial charge in [-0.15, -0.1) is 5.10 Å². The maximum Gasteiger partial charge on any atom is 0.274 e. The molecule has 2 heterocycles. The second-order valence-corrected chi connectivity index (χ2v) is 7.55. The molecule has 2 amide bonds. The molecule has 9 nitrogen and oxygen atoms in total. The molecule has 1 N–H and O–H groups in total. The van der Waals surface area contributed by atoms with Crippen LogP contribution in [-0.2, 0) is 17.9 Å². The Hall–Kier alpha value is -4.08. The molecule has 0 bridgehead atoms. The summed E-state index contributed by atoms with van der Waals surface area (Å²) in [4.78, 5) is 30.6. The maximum atomic E-state index is 13.5. The molecule has 0 saturated heterocycles. The average molecular weight is 435 g/mol. The van der Waals surface area contributed by atoms with Crippen LogP contribution < -0.4 is 5.32 Å². The van der Waals surface area contributed by atoms with E-state index in [-0.39, 0.29) is 24.0 Å². The molecule has 4 rings (SSSR count). The summed E-state index contributed by atoms with van der Waals surface area (Å²) in [6.07, 6.45) is 3.13. The lowest BCUT2D eigenvalue weighted by Gasteiger charge is -2.20. The van der Waals surface area contributed by atoms with Crippen molar-refractivity contribution in [3.05, 3.63) is 78.1 Å². The fourth-order valence-electron chi connectivity index (χ4n) is 3.27. The number of para-hydroxylation sites is 2. The predicted octanol–water partition coefficient (Wildman–Crippen LogP) is 2.03. The average Bonchev–Trinajstić information content (AvgIpc) is 3.41. The highest BCUT2D eigenvalue weighted by Crippen LogP contribution is 2.20. The molecule has 32 heavy (non-hydrogen) atoms. The Bertz CT molecular complexity index is 1250. The highest BCUT2D eigenvalue weighted by Gasteiger charge is 2.20. The lowest BCUT2D eigenvalue weighted by molar-refractivity contribution is -0.129. The van der Waals surface area contributed by atoms with E-state index in [2.05, 4.69) is 20.6 Å². The predicted molar refractivity (Wildman–Crippen MR) is 115 cm³/mol. The van der Waals surface area contributed by atoms with Gasteiger partial charge in [-0.2, -0.15) is 0 Å². The highest BCUT2D eigenvalue weighted by atomic mass is 19.1. The van der Waals surface area contributed by atoms with Crippen LogP contribution >= 0.6 is 0 Å². The zero-order valence-electron chi connectivity index (χ0n) is 17.6. The van der Waals surface area contributed by atoms with Crippen molar-refractivity contribution >= 4 is 22.8 Å². The van der Waals surface area contributed by atoms with Crippen molar-refractivity contribution in [3.8, 4) is 0 Å². The molecule has 0 saturated carbocycles. The second kappa shape index (κ2) is 8.96. The number of halogens is 1. The molecule has 0 radical (unpaired) electrons. The number of benzene rings is 2. The van der Waals surface area contributed by atoms with Crippen molar-refractivity contribution < 1.29 is 14.0 Å². The van der Waals surface area contributed by atoms with E-state index in [4.69, 9.17) is 0 Å². The molecule has 0 aliphatic rings. The molecule has 0 spiro atoms. The number of aromatic nitrogens is 5. The Labute approximate surface area is 183 Å². The third kappa shape index (κ3) is 4.64. The quantitative estimate of drug-likeness (QED) is 0.479. The number of hydrogen-bond donors (Lipinski definition) is 1. The van der Waals surface area contributed by atoms with Gasteiger partial charge in [-0.25, -0.2) is 14.1 Å². The smallest absolute Gasteiger partial charge is 0.274 e. The fourth-order valence-corrected chi connectivity index (χ4v) is 3.27. The first-order chi connectivity index (χ1) is 15.4. The highest BCUT2D eigenvalue weighted by molar-refractivity contribution is 5.92. The zero-order valence-corrected chi connectivity index (χ0v) is 17.6. The van der Waals surface area contributed by atoms with E-state index in [0.29, 0.717) is 6.54 Å². The zero-order chi connectivity index (χ0) is 22.7. The molecule has 0 fully saturated rings. The van der Waals surface area contributed by atoms with E-state index in [1.54, 1.807) is 32.6 Å². The molecular formula is C22H22FN7O2. The number of rotatable bonds is 7. The minimum Gasteiger partial charge on any atom is -0.347 e. The molecule has 2 aromatic heterocycles. The molecule has 2 aromatic carbocycles. The number of nitrogens with zero attached hydrogens (tertiary/aromatic N) is 6. The van der Waals surface area contributed by atoms with Crippen LogP contribution in [0, 0.1) is 5.82 Å². The van der Waals surface area contributed by atoms with Crippen LogP contribution in [0.15, 0.2) is 61.1 Å². The number of imidazole rings is 1. The van der Waals surface area contributed by atoms with Gasteiger partial charge in [0, 0.05) is 20.6 Å². The molecule has 1 atom stereocenters. The maximum absolute atomic E-state index is 13.5. The lowest BCUT2D eigenvalue weighted by Crippen LogP contribution is -2.31. The molecular weight excluding hydrogens is 413 g/mol. The monoisotopic (exact) mass is 435 g/mol. The van der Waals surface area contributed by atoms with Crippen LogP contribution in [-0.4, -0.2) is 55.4 Å². The summed E-state index contributed by atoms with van der Waals surface area (Å²) >= 11 is 0. The van der Waals surface area contributed by atoms with Crippen LogP contribution in [0.2, 0.25) is 0 Å². The van der Waals surface area contributed by atoms with Crippen molar-refractivity contribution in [2.45, 2.75) is 19.1 Å². The third-order valence-corrected chi connectivity index (χ3v) is 5.05. The normalized spacial score (nSPS) is 12.0. The number of hydrogen-bond acceptors (Lipinski definition) is 5. The Morgan fingerprint density at radius 1 is 1.12 bits per heavy atom. The second-order valence-electron chi connectivity index (χ2n) is 7.55. The van der Waals surface area contributed by atoms with Gasteiger partial charge in [0.15, 0.2) is 5.69 Å². The van der Waals surface area contributed by atoms with Gasteiger partial charge in [0.1, 0.15) is 12.4 Å². The first-order valence-electron chi connectivity index (χ1n) is 9.97. The molecule has 0 aliphatic carbocycles. The summed E-state index contributed by atoms with van der Waals surface area (Å²) in [6.45, 7) is 0.362. The Morgan fingerprint density at radius 3 is 2.62 bits per heavy atom. The molecule has 1 unspecified atom stereocenters. The van der Waals surface area contributed by atoms with E-state index in [1.807, 2.05) is 28.8 Å². The number of nitrogens with one attached hydrogen (secondary N) is 1. The van der Waals surface area contributed by atoms with Crippen molar-refractivity contribution in [3.63, 3.8) is 0 Å². The van der Waals surface area contributed by atoms with E-state index >= 15 is 0 Å². The molecule has 0 aliphatic heterocycles. The lowest BCUT2D eigenvalue weighted by atomic mass is 10.1. The topological polar surface area (TPSA) is 97.9 Å². The summed E-state index contributed by atoms with van der Waals surface area (Å²) in [5.74, 6) is -0.981. The van der Waals surface area contributed by atoms with E-state index in [9.17, 15) is 14.0 Å². The molecule has 4 aromatic rings. The van der Waals surface area contributed by atoms with Crippen LogP contribution in [0.1, 0.15) is 22.1 Å². The molecule has 164 valence electrons. The number of likely N-dealkylation sites (N-methyl/N-ethyl adjacent to an activating group) is 1. The summed E-state index contributed by atoms with van der Waals surface area (Å²) in [5.41, 5.74) is 2.57. The molecule has 10 heteroatoms. The number of amides is 2. The van der Waals surface area contributed by atoms with Crippen LogP contribution in [0.4, 0.5) is 4.39 Å². The van der Waals surface area contributed by atoms with Gasteiger partial charge in [0.25, 0.3) is 5.91 Å². The van der Waals surface area contributed by atoms with Crippen LogP contribution in [0.5, 0.6) is 0 Å². The Kier molecular flexibility index (Phi) is 5.93. The number of carbonyl (C=O) groups is 2. The van der Waals surface area contributed by atoms with Crippen molar-refractivity contribution in [1.82, 2.24) is 34.8 Å². The number of fused-ring (bicyclic) bond motifs is 1. The fraction of sp³-hybridized carbons (Fsp3) is 0.227. The summed E-state index contributed by atoms with van der Waals surface area (Å²) < 4.78 is 16.7. The Morgan fingerprint density at radius 2 is 1.88 bits per heavy atom. The van der Waals surface area contributed by atoms with Gasteiger partial charge in [0.2, 0.25) is 5.91 Å². The standard InChI is InChI=1S/C22H22FN7O2/c1-28(2)21(31)13-30-12-19(26-27-30)22(32)25-18(15-7-9-16(23)10-8-15)11-29-14-24-17-5-3-4-6-20(17)29/h3-10,12,14,18H,11,13H2,1-2H3,(H,25,32). The van der Waals surface area contributed by atoms with Gasteiger partial charge in [-0.05, 0) is 29.8 Å².